The summed E-state index contributed by atoms with van der Waals surface area (Å²) in [6.45, 7) is 2.65. The number of ether oxygens (including phenoxy) is 4. The van der Waals surface area contributed by atoms with Crippen molar-refractivity contribution < 1.29 is 64.6 Å². The molecule has 2 rings (SSSR count). The lowest BCUT2D eigenvalue weighted by Gasteiger charge is -2.46. The average molecular weight is 1220 g/mol. The van der Waals surface area contributed by atoms with Gasteiger partial charge in [-0.05, 0) is 70.6 Å². The fraction of sp³-hybridized carbons (Fsp3) is 0.819. The smallest absolute Gasteiger partial charge is 0.220 e. The first kappa shape index (κ1) is 79.5. The minimum Gasteiger partial charge on any atom is -0.394 e. The van der Waals surface area contributed by atoms with E-state index < -0.39 is 86.8 Å². The summed E-state index contributed by atoms with van der Waals surface area (Å²) in [4.78, 5) is 13.3. The molecule has 2 aliphatic rings. The van der Waals surface area contributed by atoms with E-state index in [9.17, 15) is 45.6 Å². The van der Waals surface area contributed by atoms with Gasteiger partial charge < -0.3 is 65.1 Å². The molecule has 2 aliphatic heterocycles. The predicted octanol–water partition coefficient (Wildman–Crippen LogP) is 14.2. The minimum atomic E-state index is -1.79. The topological polar surface area (TPSA) is 228 Å². The van der Waals surface area contributed by atoms with Gasteiger partial charge in [-0.25, -0.2) is 0 Å². The Bertz CT molecular complexity index is 1720. The van der Waals surface area contributed by atoms with Crippen molar-refractivity contribution in [1.82, 2.24) is 5.32 Å². The van der Waals surface area contributed by atoms with Crippen LogP contribution in [0, 0.1) is 0 Å². The molecule has 0 aromatic rings. The van der Waals surface area contributed by atoms with Gasteiger partial charge >= 0.3 is 0 Å². The lowest BCUT2D eigenvalue weighted by atomic mass is 9.97. The predicted molar refractivity (Wildman–Crippen MR) is 350 cm³/mol. The molecule has 1 amide bonds. The average Bonchev–Trinajstić information content (AvgIpc) is 1.60. The van der Waals surface area contributed by atoms with Crippen molar-refractivity contribution in [3.05, 3.63) is 72.9 Å². The van der Waals surface area contributed by atoms with Gasteiger partial charge in [-0.15, -0.1) is 0 Å². The zero-order valence-electron chi connectivity index (χ0n) is 54.3. The van der Waals surface area contributed by atoms with E-state index in [2.05, 4.69) is 79.9 Å². The van der Waals surface area contributed by atoms with E-state index in [1.54, 1.807) is 6.08 Å². The first-order valence-electron chi connectivity index (χ1n) is 35.2. The summed E-state index contributed by atoms with van der Waals surface area (Å²) in [5.74, 6) is -0.247. The summed E-state index contributed by atoms with van der Waals surface area (Å²) in [5, 5.41) is 87.0. The van der Waals surface area contributed by atoms with Crippen molar-refractivity contribution in [2.75, 3.05) is 19.8 Å². The van der Waals surface area contributed by atoms with Crippen LogP contribution in [0.2, 0.25) is 0 Å². The zero-order chi connectivity index (χ0) is 62.3. The van der Waals surface area contributed by atoms with Crippen molar-refractivity contribution in [3.8, 4) is 0 Å². The van der Waals surface area contributed by atoms with Gasteiger partial charge in [-0.1, -0.05) is 279 Å². The second-order valence-electron chi connectivity index (χ2n) is 24.6. The molecule has 0 aromatic heterocycles. The Labute approximate surface area is 523 Å². The van der Waals surface area contributed by atoms with Gasteiger partial charge in [-0.2, -0.15) is 0 Å². The number of nitrogens with one attached hydrogen (secondary N) is 1. The van der Waals surface area contributed by atoms with Crippen LogP contribution in [0.1, 0.15) is 284 Å². The number of aliphatic hydroxyl groups is 8. The van der Waals surface area contributed by atoms with Crippen LogP contribution in [0.5, 0.6) is 0 Å². The fourth-order valence-electron chi connectivity index (χ4n) is 11.3. The Morgan fingerprint density at radius 1 is 0.430 bits per heavy atom. The van der Waals surface area contributed by atoms with E-state index in [1.807, 2.05) is 6.08 Å². The highest BCUT2D eigenvalue weighted by Crippen LogP contribution is 2.30. The molecule has 2 fully saturated rings. The highest BCUT2D eigenvalue weighted by atomic mass is 16.7. The van der Waals surface area contributed by atoms with Crippen molar-refractivity contribution >= 4 is 5.91 Å². The molecule has 0 radical (unpaired) electrons. The molecule has 14 heteroatoms. The third-order valence-electron chi connectivity index (χ3n) is 16.9. The number of carbonyl (C=O) groups excluding carboxylic acids is 1. The van der Waals surface area contributed by atoms with E-state index in [0.29, 0.717) is 12.8 Å². The van der Waals surface area contributed by atoms with Crippen LogP contribution >= 0.6 is 0 Å². The molecule has 2 heterocycles. The van der Waals surface area contributed by atoms with Gasteiger partial charge in [0.15, 0.2) is 12.6 Å². The van der Waals surface area contributed by atoms with Crippen LogP contribution in [0.4, 0.5) is 0 Å². The van der Waals surface area contributed by atoms with E-state index in [0.717, 1.165) is 57.8 Å². The van der Waals surface area contributed by atoms with Gasteiger partial charge in [0, 0.05) is 6.42 Å². The fourth-order valence-corrected chi connectivity index (χ4v) is 11.3. The molecule has 9 N–H and O–H groups in total. The van der Waals surface area contributed by atoms with Crippen molar-refractivity contribution in [1.29, 1.82) is 0 Å². The Balaban J connectivity index is 1.51. The van der Waals surface area contributed by atoms with Crippen LogP contribution in [0.25, 0.3) is 0 Å². The van der Waals surface area contributed by atoms with Gasteiger partial charge in [0.25, 0.3) is 0 Å². The Morgan fingerprint density at radius 3 is 1.28 bits per heavy atom. The molecule has 0 spiro atoms. The first-order valence-corrected chi connectivity index (χ1v) is 35.2. The molecule has 14 nitrogen and oxygen atoms in total. The quantitative estimate of drug-likeness (QED) is 0.0204. The molecule has 12 unspecified atom stereocenters. The van der Waals surface area contributed by atoms with Crippen LogP contribution < -0.4 is 5.32 Å². The first-order chi connectivity index (χ1) is 42.1. The highest BCUT2D eigenvalue weighted by molar-refractivity contribution is 5.76. The Kier molecular flexibility index (Phi) is 52.2. The van der Waals surface area contributed by atoms with Gasteiger partial charge in [0.05, 0.1) is 32.0 Å². The molecular weight excluding hydrogens is 1090 g/mol. The molecule has 86 heavy (non-hydrogen) atoms. The summed E-state index contributed by atoms with van der Waals surface area (Å²) in [5.41, 5.74) is 0. The number of aliphatic hydroxyl groups excluding tert-OH is 8. The maximum atomic E-state index is 13.3. The summed E-state index contributed by atoms with van der Waals surface area (Å²) >= 11 is 0. The third kappa shape index (κ3) is 40.2. The summed E-state index contributed by atoms with van der Waals surface area (Å²) in [6.07, 6.45) is 60.1. The number of amides is 1. The van der Waals surface area contributed by atoms with E-state index in [-0.39, 0.29) is 18.9 Å². The number of hydrogen-bond donors (Lipinski definition) is 9. The van der Waals surface area contributed by atoms with E-state index in [4.69, 9.17) is 18.9 Å². The molecule has 12 atom stereocenters. The van der Waals surface area contributed by atoms with Crippen LogP contribution in [0.15, 0.2) is 72.9 Å². The molecule has 0 saturated carbocycles. The molecular formula is C72H129NO13. The Morgan fingerprint density at radius 2 is 0.814 bits per heavy atom. The lowest BCUT2D eigenvalue weighted by molar-refractivity contribution is -0.359. The number of carbonyl (C=O) groups is 1. The summed E-state index contributed by atoms with van der Waals surface area (Å²) in [6, 6.07) is -0.930. The second-order valence-corrected chi connectivity index (χ2v) is 24.6. The SMILES string of the molecule is CC/C=C\C/C=C\C/C=C\C/C=C\CCCCCCCCCCCCCCCCCCCCCCCCCCCCCCC(=O)NC(COC1OC(CO)C(OC2OC(CO)C(O)C(O)C2O)C(O)C1O)C(O)/C=C/CC/C=C/CCCCCCC. The van der Waals surface area contributed by atoms with Gasteiger partial charge in [-0.3, -0.25) is 4.79 Å². The van der Waals surface area contributed by atoms with Crippen molar-refractivity contribution in [2.45, 2.75) is 357 Å². The molecule has 500 valence electrons. The molecule has 0 aromatic carbocycles. The molecule has 0 aliphatic carbocycles. The van der Waals surface area contributed by atoms with Crippen LogP contribution in [-0.2, 0) is 23.7 Å². The maximum Gasteiger partial charge on any atom is 0.220 e. The summed E-state index contributed by atoms with van der Waals surface area (Å²) in [7, 11) is 0. The molecule has 0 bridgehead atoms. The largest absolute Gasteiger partial charge is 0.394 e. The van der Waals surface area contributed by atoms with Crippen molar-refractivity contribution in [3.63, 3.8) is 0 Å². The summed E-state index contributed by atoms with van der Waals surface area (Å²) < 4.78 is 22.8. The number of hydrogen-bond acceptors (Lipinski definition) is 13. The lowest BCUT2D eigenvalue weighted by Crippen LogP contribution is -2.65. The van der Waals surface area contributed by atoms with E-state index >= 15 is 0 Å². The second kappa shape index (κ2) is 56.4. The number of rotatable bonds is 57. The van der Waals surface area contributed by atoms with E-state index in [1.165, 1.54) is 193 Å². The van der Waals surface area contributed by atoms with Gasteiger partial charge in [0.1, 0.15) is 48.8 Å². The highest BCUT2D eigenvalue weighted by Gasteiger charge is 2.51. The Hall–Kier alpha value is -2.57. The van der Waals surface area contributed by atoms with Crippen LogP contribution in [-0.4, -0.2) is 140 Å². The van der Waals surface area contributed by atoms with Crippen LogP contribution in [0.3, 0.4) is 0 Å². The minimum absolute atomic E-state index is 0.247. The number of unbranched alkanes of at least 4 members (excludes halogenated alkanes) is 34. The number of allylic oxidation sites excluding steroid dienone is 11. The monoisotopic (exact) mass is 1220 g/mol. The normalized spacial score (nSPS) is 23.8. The standard InChI is InChI=1S/C72H129NO13/c1-3-5-7-9-11-13-15-16-17-18-19-20-21-22-23-24-25-26-27-28-29-30-31-32-33-34-35-36-37-38-39-40-41-42-43-44-46-48-50-52-54-56-64(77)73-60(61(76)55-53-51-49-47-45-14-12-10-8-6-4-2)59-83-71-69(82)67(80)70(63(58-75)85-71)86-72-68(81)66(79)65(78)62(57-74)84-72/h5,7,11,13,16-17,19-20,45,47,53,55,60-63,65-72,74-76,78-82H,3-4,6,8-10,12,14-15,18,21-44,46,48-52,54,56-59H2,1-2H3,(H,73,77)/b7-5-,13-11-,17-16-,20-19-,47-45+,55-53+. The maximum absolute atomic E-state index is 13.3. The van der Waals surface area contributed by atoms with Crippen molar-refractivity contribution in [2.24, 2.45) is 0 Å². The van der Waals surface area contributed by atoms with Gasteiger partial charge in [0.2, 0.25) is 5.91 Å². The zero-order valence-corrected chi connectivity index (χ0v) is 54.3. The molecule has 2 saturated heterocycles. The third-order valence-corrected chi connectivity index (χ3v) is 16.9.